The van der Waals surface area contributed by atoms with E-state index in [2.05, 4.69) is 21.2 Å². The molecule has 6 nitrogen and oxygen atoms in total. The summed E-state index contributed by atoms with van der Waals surface area (Å²) in [5.41, 5.74) is 1.62. The molecule has 0 atom stereocenters. The summed E-state index contributed by atoms with van der Waals surface area (Å²) in [4.78, 5) is 14.1. The molecule has 25 heavy (non-hydrogen) atoms. The van der Waals surface area contributed by atoms with Gasteiger partial charge in [0, 0.05) is 30.2 Å². The summed E-state index contributed by atoms with van der Waals surface area (Å²) >= 11 is 3.45. The molecule has 2 aromatic carbocycles. The number of nitrogens with one attached hydrogen (secondary N) is 1. The van der Waals surface area contributed by atoms with Gasteiger partial charge in [-0.25, -0.2) is 4.79 Å². The number of amides is 2. The van der Waals surface area contributed by atoms with Crippen LogP contribution in [-0.4, -0.2) is 38.3 Å². The number of carbonyl (C=O) groups excluding carboxylic acids is 1. The topological polar surface area (TPSA) is 60.0 Å². The van der Waals surface area contributed by atoms with Gasteiger partial charge in [0.2, 0.25) is 0 Å². The highest BCUT2D eigenvalue weighted by Gasteiger charge is 2.17. The fraction of sp³-hybridized carbons (Fsp3) is 0.278. The van der Waals surface area contributed by atoms with Crippen molar-refractivity contribution in [3.63, 3.8) is 0 Å². The maximum atomic E-state index is 12.5. The highest BCUT2D eigenvalue weighted by atomic mass is 79.9. The van der Waals surface area contributed by atoms with Crippen LogP contribution in [0, 0.1) is 0 Å². The Kier molecular flexibility index (Phi) is 5.33. The maximum Gasteiger partial charge on any atom is 0.321 e. The second kappa shape index (κ2) is 7.65. The molecule has 0 radical (unpaired) electrons. The first-order valence-corrected chi connectivity index (χ1v) is 8.60. The van der Waals surface area contributed by atoms with Crippen molar-refractivity contribution in [1.29, 1.82) is 0 Å². The molecule has 0 aliphatic carbocycles. The normalized spacial score (nSPS) is 12.4. The number of urea groups is 1. The minimum absolute atomic E-state index is 0.222. The van der Waals surface area contributed by atoms with Gasteiger partial charge < -0.3 is 24.4 Å². The van der Waals surface area contributed by atoms with Crippen LogP contribution < -0.4 is 19.5 Å². The Bertz CT molecular complexity index is 782. The Morgan fingerprint density at radius 1 is 1.24 bits per heavy atom. The van der Waals surface area contributed by atoms with Gasteiger partial charge in [0.25, 0.3) is 0 Å². The summed E-state index contributed by atoms with van der Waals surface area (Å²) in [6.45, 7) is 1.48. The van der Waals surface area contributed by atoms with Gasteiger partial charge >= 0.3 is 6.03 Å². The number of ether oxygens (including phenoxy) is 3. The molecule has 0 saturated carbocycles. The van der Waals surface area contributed by atoms with E-state index >= 15 is 0 Å². The van der Waals surface area contributed by atoms with Gasteiger partial charge in [-0.05, 0) is 33.6 Å². The molecule has 1 aliphatic rings. The quantitative estimate of drug-likeness (QED) is 0.836. The van der Waals surface area contributed by atoms with Crippen molar-refractivity contribution in [3.8, 4) is 17.2 Å². The van der Waals surface area contributed by atoms with E-state index in [9.17, 15) is 4.79 Å². The Hall–Kier alpha value is -2.41. The van der Waals surface area contributed by atoms with Gasteiger partial charge in [0.1, 0.15) is 19.0 Å². The highest BCUT2D eigenvalue weighted by molar-refractivity contribution is 9.10. The first-order valence-electron chi connectivity index (χ1n) is 7.81. The molecule has 0 bridgehead atoms. The summed E-state index contributed by atoms with van der Waals surface area (Å²) < 4.78 is 17.0. The minimum atomic E-state index is -0.222. The third kappa shape index (κ3) is 4.17. The fourth-order valence-corrected chi connectivity index (χ4v) is 2.91. The van der Waals surface area contributed by atoms with Gasteiger partial charge in [0.05, 0.1) is 12.8 Å². The van der Waals surface area contributed by atoms with Crippen LogP contribution in [-0.2, 0) is 6.54 Å². The van der Waals surface area contributed by atoms with E-state index in [1.54, 1.807) is 31.2 Å². The number of fused-ring (bicyclic) bond motifs is 1. The molecule has 1 N–H and O–H groups in total. The predicted octanol–water partition coefficient (Wildman–Crippen LogP) is 3.89. The van der Waals surface area contributed by atoms with Crippen LogP contribution in [0.5, 0.6) is 17.2 Å². The lowest BCUT2D eigenvalue weighted by atomic mass is 10.2. The van der Waals surface area contributed by atoms with Crippen LogP contribution in [0.1, 0.15) is 5.56 Å². The third-order valence-corrected chi connectivity index (χ3v) is 4.43. The number of benzene rings is 2. The monoisotopic (exact) mass is 406 g/mol. The van der Waals surface area contributed by atoms with Crippen molar-refractivity contribution >= 4 is 27.6 Å². The number of halogens is 1. The summed E-state index contributed by atoms with van der Waals surface area (Å²) in [5.74, 6) is 2.06. The molecular weight excluding hydrogens is 388 g/mol. The van der Waals surface area contributed by atoms with Crippen molar-refractivity contribution in [3.05, 3.63) is 46.4 Å². The standard InChI is InChI=1S/C18H19BrN2O4/c1-21(11-12-4-3-5-13(8-12)23-2)18(22)20-15-10-17-16(9-14(15)19)24-6-7-25-17/h3-5,8-10H,6-7,11H2,1-2H3,(H,20,22). The van der Waals surface area contributed by atoms with Crippen LogP contribution in [0.3, 0.4) is 0 Å². The predicted molar refractivity (Wildman–Crippen MR) is 98.6 cm³/mol. The zero-order chi connectivity index (χ0) is 17.8. The van der Waals surface area contributed by atoms with Crippen LogP contribution in [0.25, 0.3) is 0 Å². The molecule has 132 valence electrons. The molecule has 0 spiro atoms. The zero-order valence-electron chi connectivity index (χ0n) is 14.0. The van der Waals surface area contributed by atoms with Crippen molar-refractivity contribution in [2.24, 2.45) is 0 Å². The summed E-state index contributed by atoms with van der Waals surface area (Å²) in [6, 6.07) is 11.0. The maximum absolute atomic E-state index is 12.5. The van der Waals surface area contributed by atoms with E-state index < -0.39 is 0 Å². The molecule has 2 amide bonds. The number of rotatable bonds is 4. The van der Waals surface area contributed by atoms with E-state index in [0.717, 1.165) is 15.8 Å². The van der Waals surface area contributed by atoms with Crippen molar-refractivity contribution in [2.75, 3.05) is 32.7 Å². The van der Waals surface area contributed by atoms with Crippen LogP contribution in [0.2, 0.25) is 0 Å². The highest BCUT2D eigenvalue weighted by Crippen LogP contribution is 2.38. The molecule has 0 saturated heterocycles. The fourth-order valence-electron chi connectivity index (χ4n) is 2.49. The molecule has 3 rings (SSSR count). The second-order valence-electron chi connectivity index (χ2n) is 5.61. The largest absolute Gasteiger partial charge is 0.497 e. The summed E-state index contributed by atoms with van der Waals surface area (Å²) in [7, 11) is 3.36. The van der Waals surface area contributed by atoms with E-state index in [1.165, 1.54) is 0 Å². The molecular formula is C18H19BrN2O4. The lowest BCUT2D eigenvalue weighted by molar-refractivity contribution is 0.171. The Morgan fingerprint density at radius 2 is 1.96 bits per heavy atom. The number of hydrogen-bond acceptors (Lipinski definition) is 4. The number of hydrogen-bond donors (Lipinski definition) is 1. The molecule has 2 aromatic rings. The van der Waals surface area contributed by atoms with Gasteiger partial charge in [0.15, 0.2) is 11.5 Å². The average Bonchev–Trinajstić information content (AvgIpc) is 2.62. The van der Waals surface area contributed by atoms with Gasteiger partial charge in [-0.1, -0.05) is 12.1 Å². The molecule has 0 aromatic heterocycles. The molecule has 0 fully saturated rings. The van der Waals surface area contributed by atoms with Gasteiger partial charge in [-0.3, -0.25) is 0 Å². The van der Waals surface area contributed by atoms with Crippen LogP contribution in [0.15, 0.2) is 40.9 Å². The van der Waals surface area contributed by atoms with Crippen LogP contribution in [0.4, 0.5) is 10.5 Å². The number of nitrogens with zero attached hydrogens (tertiary/aromatic N) is 1. The molecule has 7 heteroatoms. The van der Waals surface area contributed by atoms with Crippen LogP contribution >= 0.6 is 15.9 Å². The van der Waals surface area contributed by atoms with Crippen molar-refractivity contribution < 1.29 is 19.0 Å². The number of methoxy groups -OCH3 is 1. The second-order valence-corrected chi connectivity index (χ2v) is 6.47. The molecule has 0 unspecified atom stereocenters. The first-order chi connectivity index (χ1) is 12.1. The van der Waals surface area contributed by atoms with E-state index in [1.807, 2.05) is 24.3 Å². The smallest absolute Gasteiger partial charge is 0.321 e. The lowest BCUT2D eigenvalue weighted by Gasteiger charge is -2.22. The van der Waals surface area contributed by atoms with Gasteiger partial charge in [-0.15, -0.1) is 0 Å². The zero-order valence-corrected chi connectivity index (χ0v) is 15.6. The number of anilines is 1. The molecule has 1 heterocycles. The molecule has 1 aliphatic heterocycles. The Balaban J connectivity index is 1.69. The minimum Gasteiger partial charge on any atom is -0.497 e. The Morgan fingerprint density at radius 3 is 2.68 bits per heavy atom. The Labute approximate surface area is 154 Å². The van der Waals surface area contributed by atoms with E-state index in [-0.39, 0.29) is 6.03 Å². The summed E-state index contributed by atoms with van der Waals surface area (Å²) in [5, 5.41) is 2.88. The third-order valence-electron chi connectivity index (χ3n) is 3.77. The number of carbonyl (C=O) groups is 1. The first kappa shape index (κ1) is 17.4. The van der Waals surface area contributed by atoms with Gasteiger partial charge in [-0.2, -0.15) is 0 Å². The van der Waals surface area contributed by atoms with E-state index in [0.29, 0.717) is 36.9 Å². The lowest BCUT2D eigenvalue weighted by Crippen LogP contribution is -2.31. The van der Waals surface area contributed by atoms with Crippen molar-refractivity contribution in [2.45, 2.75) is 6.54 Å². The average molecular weight is 407 g/mol. The SMILES string of the molecule is COc1cccc(CN(C)C(=O)Nc2cc3c(cc2Br)OCCO3)c1. The van der Waals surface area contributed by atoms with Crippen molar-refractivity contribution in [1.82, 2.24) is 4.90 Å². The van der Waals surface area contributed by atoms with E-state index in [4.69, 9.17) is 14.2 Å². The summed E-state index contributed by atoms with van der Waals surface area (Å²) in [6.07, 6.45) is 0.